The Labute approximate surface area is 143 Å². The zero-order valence-electron chi connectivity index (χ0n) is 14.6. The number of amides is 2. The fourth-order valence-corrected chi connectivity index (χ4v) is 2.98. The van der Waals surface area contributed by atoms with Crippen LogP contribution in [0.5, 0.6) is 0 Å². The van der Waals surface area contributed by atoms with Gasteiger partial charge in [0.2, 0.25) is 5.91 Å². The van der Waals surface area contributed by atoms with Crippen LogP contribution in [0, 0.1) is 6.92 Å². The summed E-state index contributed by atoms with van der Waals surface area (Å²) < 4.78 is 5.09. The molecule has 0 atom stereocenters. The molecule has 1 heterocycles. The van der Waals surface area contributed by atoms with Gasteiger partial charge in [0, 0.05) is 11.8 Å². The molecule has 0 saturated heterocycles. The van der Waals surface area contributed by atoms with Crippen LogP contribution in [-0.4, -0.2) is 23.6 Å². The summed E-state index contributed by atoms with van der Waals surface area (Å²) in [5, 5.41) is 7.10. The Balaban J connectivity index is 1.77. The van der Waals surface area contributed by atoms with E-state index in [9.17, 15) is 9.59 Å². The summed E-state index contributed by atoms with van der Waals surface area (Å²) in [7, 11) is 0. The lowest BCUT2D eigenvalue weighted by molar-refractivity contribution is -0.120. The summed E-state index contributed by atoms with van der Waals surface area (Å²) in [5.74, 6) is 0.180. The minimum absolute atomic E-state index is 0.0319. The van der Waals surface area contributed by atoms with Crippen LogP contribution >= 0.6 is 0 Å². The van der Waals surface area contributed by atoms with Crippen LogP contribution < -0.4 is 10.7 Å². The first kappa shape index (κ1) is 18.2. The normalized spacial score (nSPS) is 17.0. The molecular weight excluding hydrogens is 306 g/mol. The number of furan rings is 1. The van der Waals surface area contributed by atoms with Crippen LogP contribution in [0.1, 0.15) is 74.4 Å². The van der Waals surface area contributed by atoms with Gasteiger partial charge in [-0.2, -0.15) is 5.10 Å². The molecule has 0 bridgehead atoms. The number of hydrogen-bond donors (Lipinski definition) is 2. The zero-order valence-corrected chi connectivity index (χ0v) is 14.6. The number of hydrazone groups is 1. The predicted molar refractivity (Wildman–Crippen MR) is 92.9 cm³/mol. The molecule has 1 aromatic heterocycles. The summed E-state index contributed by atoms with van der Waals surface area (Å²) in [6.45, 7) is 3.45. The first-order valence-electron chi connectivity index (χ1n) is 8.73. The van der Waals surface area contributed by atoms with Crippen molar-refractivity contribution in [1.82, 2.24) is 10.7 Å². The highest BCUT2D eigenvalue weighted by atomic mass is 16.3. The van der Waals surface area contributed by atoms with Crippen molar-refractivity contribution in [1.29, 1.82) is 0 Å². The van der Waals surface area contributed by atoms with Crippen molar-refractivity contribution in [3.63, 3.8) is 0 Å². The van der Waals surface area contributed by atoms with Crippen LogP contribution in [0.3, 0.4) is 0 Å². The van der Waals surface area contributed by atoms with Gasteiger partial charge in [-0.1, -0.05) is 32.1 Å². The fourth-order valence-electron chi connectivity index (χ4n) is 2.98. The molecule has 1 aliphatic rings. The highest BCUT2D eigenvalue weighted by molar-refractivity contribution is 6.01. The Morgan fingerprint density at radius 3 is 2.50 bits per heavy atom. The summed E-state index contributed by atoms with van der Waals surface area (Å²) in [4.78, 5) is 24.1. The van der Waals surface area contributed by atoms with Crippen molar-refractivity contribution in [2.24, 2.45) is 5.10 Å². The monoisotopic (exact) mass is 333 g/mol. The molecule has 132 valence electrons. The van der Waals surface area contributed by atoms with Gasteiger partial charge in [0.15, 0.2) is 0 Å². The average Bonchev–Trinajstić information content (AvgIpc) is 2.93. The van der Waals surface area contributed by atoms with Crippen LogP contribution in [0.25, 0.3) is 0 Å². The van der Waals surface area contributed by atoms with Gasteiger partial charge in [-0.3, -0.25) is 9.59 Å². The van der Waals surface area contributed by atoms with Gasteiger partial charge in [0.05, 0.1) is 18.2 Å². The smallest absolute Gasteiger partial charge is 0.274 e. The third kappa shape index (κ3) is 5.83. The van der Waals surface area contributed by atoms with E-state index in [4.69, 9.17) is 4.42 Å². The van der Waals surface area contributed by atoms with E-state index in [1.807, 2.05) is 0 Å². The summed E-state index contributed by atoms with van der Waals surface area (Å²) in [5.41, 5.74) is 3.49. The van der Waals surface area contributed by atoms with Crippen LogP contribution in [0.15, 0.2) is 21.8 Å². The van der Waals surface area contributed by atoms with E-state index in [0.717, 1.165) is 12.8 Å². The Morgan fingerprint density at radius 1 is 1.21 bits per heavy atom. The lowest BCUT2D eigenvalue weighted by Gasteiger charge is -2.21. The number of rotatable bonds is 5. The van der Waals surface area contributed by atoms with Crippen LogP contribution in [-0.2, 0) is 4.79 Å². The molecule has 2 N–H and O–H groups in total. The van der Waals surface area contributed by atoms with E-state index in [2.05, 4.69) is 15.8 Å². The first-order chi connectivity index (χ1) is 11.6. The number of aryl methyl sites for hydroxylation is 1. The molecule has 6 heteroatoms. The third-order valence-corrected chi connectivity index (χ3v) is 4.34. The molecule has 2 amide bonds. The van der Waals surface area contributed by atoms with Crippen molar-refractivity contribution in [3.8, 4) is 0 Å². The third-order valence-electron chi connectivity index (χ3n) is 4.34. The maximum atomic E-state index is 12.1. The lowest BCUT2D eigenvalue weighted by atomic mass is 9.96. The van der Waals surface area contributed by atoms with E-state index in [0.29, 0.717) is 17.0 Å². The van der Waals surface area contributed by atoms with Gasteiger partial charge < -0.3 is 9.73 Å². The number of carbonyl (C=O) groups excluding carboxylic acids is 2. The van der Waals surface area contributed by atoms with E-state index >= 15 is 0 Å². The largest absolute Gasteiger partial charge is 0.469 e. The molecule has 1 aliphatic carbocycles. The van der Waals surface area contributed by atoms with Crippen molar-refractivity contribution >= 4 is 17.5 Å². The standard InChI is InChI=1S/C18H27N3O3/c1-13(20-21-18(23)16-10-11-24-14(16)2)12-17(22)19-15-8-6-4-3-5-7-9-15/h10-11,15H,3-9,12H2,1-2H3,(H,19,22)(H,21,23). The van der Waals surface area contributed by atoms with E-state index in [1.54, 1.807) is 19.9 Å². The molecule has 1 saturated carbocycles. The molecule has 0 aliphatic heterocycles. The topological polar surface area (TPSA) is 83.7 Å². The van der Waals surface area contributed by atoms with E-state index < -0.39 is 0 Å². The molecule has 24 heavy (non-hydrogen) atoms. The molecule has 0 spiro atoms. The zero-order chi connectivity index (χ0) is 17.4. The second-order valence-electron chi connectivity index (χ2n) is 6.46. The van der Waals surface area contributed by atoms with E-state index in [-0.39, 0.29) is 24.3 Å². The van der Waals surface area contributed by atoms with Gasteiger partial charge in [0.1, 0.15) is 5.76 Å². The van der Waals surface area contributed by atoms with Crippen LogP contribution in [0.2, 0.25) is 0 Å². The first-order valence-corrected chi connectivity index (χ1v) is 8.73. The minimum atomic E-state index is -0.332. The molecular formula is C18H27N3O3. The Bertz CT molecular complexity index is 584. The lowest BCUT2D eigenvalue weighted by Crippen LogP contribution is -2.36. The second kappa shape index (κ2) is 9.25. The van der Waals surface area contributed by atoms with E-state index in [1.165, 1.54) is 38.4 Å². The number of nitrogens with zero attached hydrogens (tertiary/aromatic N) is 1. The molecule has 2 rings (SSSR count). The fraction of sp³-hybridized carbons (Fsp3) is 0.611. The predicted octanol–water partition coefficient (Wildman–Crippen LogP) is 3.31. The highest BCUT2D eigenvalue weighted by Gasteiger charge is 2.15. The Hall–Kier alpha value is -2.11. The van der Waals surface area contributed by atoms with Gasteiger partial charge in [-0.25, -0.2) is 5.43 Å². The number of hydrogen-bond acceptors (Lipinski definition) is 4. The van der Waals surface area contributed by atoms with Crippen molar-refractivity contribution < 1.29 is 14.0 Å². The molecule has 0 unspecified atom stereocenters. The Morgan fingerprint density at radius 2 is 1.88 bits per heavy atom. The molecule has 6 nitrogen and oxygen atoms in total. The van der Waals surface area contributed by atoms with Gasteiger partial charge in [-0.15, -0.1) is 0 Å². The van der Waals surface area contributed by atoms with Gasteiger partial charge >= 0.3 is 0 Å². The van der Waals surface area contributed by atoms with Crippen molar-refractivity contribution in [3.05, 3.63) is 23.7 Å². The second-order valence-corrected chi connectivity index (χ2v) is 6.46. The SMILES string of the molecule is CC(CC(=O)NC1CCCCCCC1)=NNC(=O)c1ccoc1C. The molecule has 1 aromatic rings. The Kier molecular flexibility index (Phi) is 7.03. The molecule has 0 radical (unpaired) electrons. The summed E-state index contributed by atoms with van der Waals surface area (Å²) >= 11 is 0. The van der Waals surface area contributed by atoms with Gasteiger partial charge in [0.25, 0.3) is 5.91 Å². The maximum absolute atomic E-state index is 12.1. The average molecular weight is 333 g/mol. The quantitative estimate of drug-likeness (QED) is 0.640. The highest BCUT2D eigenvalue weighted by Crippen LogP contribution is 2.17. The maximum Gasteiger partial charge on any atom is 0.274 e. The molecule has 0 aromatic carbocycles. The summed E-state index contributed by atoms with van der Waals surface area (Å²) in [6, 6.07) is 1.87. The van der Waals surface area contributed by atoms with Crippen molar-refractivity contribution in [2.45, 2.75) is 71.3 Å². The molecule has 1 fully saturated rings. The van der Waals surface area contributed by atoms with Crippen molar-refractivity contribution in [2.75, 3.05) is 0 Å². The number of carbonyl (C=O) groups is 2. The van der Waals surface area contributed by atoms with Gasteiger partial charge in [-0.05, 0) is 32.8 Å². The van der Waals surface area contributed by atoms with Crippen LogP contribution in [0.4, 0.5) is 0 Å². The minimum Gasteiger partial charge on any atom is -0.469 e. The summed E-state index contributed by atoms with van der Waals surface area (Å²) in [6.07, 6.45) is 9.94. The number of nitrogens with one attached hydrogen (secondary N) is 2.